The molecule has 1 N–H and O–H groups in total. The Hall–Kier alpha value is -1.16. The molecule has 0 saturated heterocycles. The minimum atomic E-state index is -0.155. The molecule has 106 valence electrons. The largest absolute Gasteiger partial charge is 0.354 e. The number of pyridine rings is 1. The van der Waals surface area contributed by atoms with Gasteiger partial charge in [-0.1, -0.05) is 13.8 Å². The van der Waals surface area contributed by atoms with E-state index in [4.69, 9.17) is 0 Å². The second kappa shape index (κ2) is 6.85. The van der Waals surface area contributed by atoms with E-state index in [1.807, 2.05) is 6.92 Å². The SMILES string of the molecule is CCCN(CC1CC1)c1nccc(CNCC)c1F. The molecular formula is C15H24FN3. The lowest BCUT2D eigenvalue weighted by Gasteiger charge is -2.24. The number of anilines is 1. The summed E-state index contributed by atoms with van der Waals surface area (Å²) in [5.41, 5.74) is 0.712. The molecule has 1 fully saturated rings. The molecule has 1 aromatic heterocycles. The molecule has 1 aliphatic carbocycles. The normalized spacial score (nSPS) is 14.7. The molecule has 4 heteroatoms. The van der Waals surface area contributed by atoms with Crippen molar-refractivity contribution in [1.29, 1.82) is 0 Å². The quantitative estimate of drug-likeness (QED) is 0.783. The summed E-state index contributed by atoms with van der Waals surface area (Å²) < 4.78 is 14.5. The highest BCUT2D eigenvalue weighted by Gasteiger charge is 2.26. The zero-order valence-electron chi connectivity index (χ0n) is 12.0. The summed E-state index contributed by atoms with van der Waals surface area (Å²) in [4.78, 5) is 6.38. The predicted octanol–water partition coefficient (Wildman–Crippen LogP) is 2.96. The van der Waals surface area contributed by atoms with Crippen molar-refractivity contribution in [3.63, 3.8) is 0 Å². The van der Waals surface area contributed by atoms with Gasteiger partial charge >= 0.3 is 0 Å². The van der Waals surface area contributed by atoms with E-state index in [9.17, 15) is 4.39 Å². The molecule has 1 aliphatic rings. The lowest BCUT2D eigenvalue weighted by atomic mass is 10.2. The van der Waals surface area contributed by atoms with Crippen LogP contribution in [0.1, 0.15) is 38.7 Å². The van der Waals surface area contributed by atoms with Crippen LogP contribution in [0.25, 0.3) is 0 Å². The van der Waals surface area contributed by atoms with Crippen molar-refractivity contribution in [3.05, 3.63) is 23.6 Å². The molecule has 0 radical (unpaired) electrons. The highest BCUT2D eigenvalue weighted by Crippen LogP contribution is 2.32. The third-order valence-corrected chi connectivity index (χ3v) is 3.48. The number of hydrogen-bond acceptors (Lipinski definition) is 3. The molecule has 19 heavy (non-hydrogen) atoms. The summed E-state index contributed by atoms with van der Waals surface area (Å²) in [6.07, 6.45) is 5.30. The van der Waals surface area contributed by atoms with E-state index < -0.39 is 0 Å². The molecule has 0 aliphatic heterocycles. The van der Waals surface area contributed by atoms with Gasteiger partial charge in [-0.3, -0.25) is 0 Å². The molecular weight excluding hydrogens is 241 g/mol. The number of nitrogens with one attached hydrogen (secondary N) is 1. The number of aromatic nitrogens is 1. The minimum Gasteiger partial charge on any atom is -0.354 e. The zero-order valence-corrected chi connectivity index (χ0v) is 12.0. The number of rotatable bonds is 8. The van der Waals surface area contributed by atoms with Crippen LogP contribution in [-0.2, 0) is 6.54 Å². The van der Waals surface area contributed by atoms with Gasteiger partial charge in [0.2, 0.25) is 0 Å². The van der Waals surface area contributed by atoms with Crippen molar-refractivity contribution in [2.24, 2.45) is 5.92 Å². The fraction of sp³-hybridized carbons (Fsp3) is 0.667. The summed E-state index contributed by atoms with van der Waals surface area (Å²) in [5, 5.41) is 3.17. The summed E-state index contributed by atoms with van der Waals surface area (Å²) in [5.74, 6) is 1.12. The molecule has 0 atom stereocenters. The first kappa shape index (κ1) is 14.3. The van der Waals surface area contributed by atoms with Gasteiger partial charge in [0.1, 0.15) is 0 Å². The van der Waals surface area contributed by atoms with Crippen molar-refractivity contribution < 1.29 is 4.39 Å². The lowest BCUT2D eigenvalue weighted by molar-refractivity contribution is 0.573. The molecule has 0 amide bonds. The molecule has 3 nitrogen and oxygen atoms in total. The van der Waals surface area contributed by atoms with Crippen molar-refractivity contribution in [3.8, 4) is 0 Å². The van der Waals surface area contributed by atoms with Gasteiger partial charge in [-0.2, -0.15) is 0 Å². The fourth-order valence-corrected chi connectivity index (χ4v) is 2.25. The molecule has 0 bridgehead atoms. The summed E-state index contributed by atoms with van der Waals surface area (Å²) in [6.45, 7) is 7.39. The van der Waals surface area contributed by atoms with E-state index in [2.05, 4.69) is 22.1 Å². The average Bonchev–Trinajstić information content (AvgIpc) is 3.21. The monoisotopic (exact) mass is 265 g/mol. The van der Waals surface area contributed by atoms with Gasteiger partial charge in [-0.15, -0.1) is 0 Å². The standard InChI is InChI=1S/C15H24FN3/c1-3-9-19(11-12-5-6-12)15-14(16)13(7-8-18-15)10-17-4-2/h7-8,12,17H,3-6,9-11H2,1-2H3. The Kier molecular flexibility index (Phi) is 5.14. The average molecular weight is 265 g/mol. The second-order valence-corrected chi connectivity index (χ2v) is 5.28. The van der Waals surface area contributed by atoms with Crippen LogP contribution in [0.2, 0.25) is 0 Å². The highest BCUT2D eigenvalue weighted by molar-refractivity contribution is 5.43. The highest BCUT2D eigenvalue weighted by atomic mass is 19.1. The third-order valence-electron chi connectivity index (χ3n) is 3.48. The van der Waals surface area contributed by atoms with Gasteiger partial charge < -0.3 is 10.2 Å². The van der Waals surface area contributed by atoms with Gasteiger partial charge in [0.25, 0.3) is 0 Å². The van der Waals surface area contributed by atoms with Crippen LogP contribution in [-0.4, -0.2) is 24.6 Å². The summed E-state index contributed by atoms with van der Waals surface area (Å²) in [7, 11) is 0. The number of halogens is 1. The Balaban J connectivity index is 2.14. The Morgan fingerprint density at radius 3 is 2.84 bits per heavy atom. The predicted molar refractivity (Wildman–Crippen MR) is 76.8 cm³/mol. The summed E-state index contributed by atoms with van der Waals surface area (Å²) in [6, 6.07) is 1.77. The van der Waals surface area contributed by atoms with Crippen LogP contribution in [0, 0.1) is 11.7 Å². The number of nitrogens with zero attached hydrogens (tertiary/aromatic N) is 2. The van der Waals surface area contributed by atoms with Crippen LogP contribution < -0.4 is 10.2 Å². The molecule has 0 aromatic carbocycles. The van der Waals surface area contributed by atoms with Crippen LogP contribution in [0.3, 0.4) is 0 Å². The van der Waals surface area contributed by atoms with E-state index in [1.165, 1.54) is 12.8 Å². The zero-order chi connectivity index (χ0) is 13.7. The Labute approximate surface area is 115 Å². The first-order valence-corrected chi connectivity index (χ1v) is 7.35. The van der Waals surface area contributed by atoms with E-state index in [0.29, 0.717) is 17.9 Å². The van der Waals surface area contributed by atoms with E-state index >= 15 is 0 Å². The Morgan fingerprint density at radius 2 is 2.21 bits per heavy atom. The van der Waals surface area contributed by atoms with Crippen molar-refractivity contribution in [1.82, 2.24) is 10.3 Å². The lowest BCUT2D eigenvalue weighted by Crippen LogP contribution is -2.29. The number of hydrogen-bond donors (Lipinski definition) is 1. The van der Waals surface area contributed by atoms with Crippen molar-refractivity contribution >= 4 is 5.82 Å². The maximum absolute atomic E-state index is 14.5. The molecule has 0 spiro atoms. The van der Waals surface area contributed by atoms with Gasteiger partial charge in [0.05, 0.1) is 0 Å². The van der Waals surface area contributed by atoms with Crippen molar-refractivity contribution in [2.45, 2.75) is 39.7 Å². The Morgan fingerprint density at radius 1 is 1.42 bits per heavy atom. The molecule has 1 heterocycles. The van der Waals surface area contributed by atoms with Crippen LogP contribution >= 0.6 is 0 Å². The molecule has 2 rings (SSSR count). The summed E-state index contributed by atoms with van der Waals surface area (Å²) >= 11 is 0. The van der Waals surface area contributed by atoms with E-state index in [1.54, 1.807) is 12.3 Å². The topological polar surface area (TPSA) is 28.2 Å². The second-order valence-electron chi connectivity index (χ2n) is 5.28. The maximum Gasteiger partial charge on any atom is 0.170 e. The molecule has 0 unspecified atom stereocenters. The Bertz CT molecular complexity index is 404. The van der Waals surface area contributed by atoms with Crippen molar-refractivity contribution in [2.75, 3.05) is 24.5 Å². The van der Waals surface area contributed by atoms with Crippen LogP contribution in [0.5, 0.6) is 0 Å². The minimum absolute atomic E-state index is 0.155. The van der Waals surface area contributed by atoms with E-state index in [-0.39, 0.29) is 5.82 Å². The van der Waals surface area contributed by atoms with Crippen LogP contribution in [0.4, 0.5) is 10.2 Å². The van der Waals surface area contributed by atoms with E-state index in [0.717, 1.165) is 32.0 Å². The first-order valence-electron chi connectivity index (χ1n) is 7.35. The van der Waals surface area contributed by atoms with Gasteiger partial charge in [0.15, 0.2) is 11.6 Å². The van der Waals surface area contributed by atoms with Gasteiger partial charge in [-0.05, 0) is 37.8 Å². The molecule has 1 aromatic rings. The molecule has 1 saturated carbocycles. The fourth-order valence-electron chi connectivity index (χ4n) is 2.25. The van der Waals surface area contributed by atoms with Gasteiger partial charge in [-0.25, -0.2) is 9.37 Å². The van der Waals surface area contributed by atoms with Gasteiger partial charge in [0, 0.05) is 31.4 Å². The smallest absolute Gasteiger partial charge is 0.170 e. The third kappa shape index (κ3) is 3.90. The first-order chi connectivity index (χ1) is 9.26. The maximum atomic E-state index is 14.5. The van der Waals surface area contributed by atoms with Crippen LogP contribution in [0.15, 0.2) is 12.3 Å².